The molecule has 0 aromatic rings. The van der Waals surface area contributed by atoms with Crippen LogP contribution < -0.4 is 0 Å². The Hall–Kier alpha value is 0.680. The van der Waals surface area contributed by atoms with Gasteiger partial charge in [0.1, 0.15) is 0 Å². The molecule has 0 spiro atoms. The predicted molar refractivity (Wildman–Crippen MR) is 30.3 cm³/mol. The van der Waals surface area contributed by atoms with Crippen molar-refractivity contribution in [3.63, 3.8) is 0 Å². The third-order valence-corrected chi connectivity index (χ3v) is 0. The summed E-state index contributed by atoms with van der Waals surface area (Å²) in [4.78, 5) is 29.3. The van der Waals surface area contributed by atoms with E-state index < -0.39 is 9.05 Å². The van der Waals surface area contributed by atoms with Gasteiger partial charge in [-0.25, -0.2) is 0 Å². The average molecular weight is 185 g/mol. The van der Waals surface area contributed by atoms with Crippen LogP contribution in [0.25, 0.3) is 0 Å². The molecule has 0 saturated heterocycles. The maximum Gasteiger partial charge on any atom is 0 e. The van der Waals surface area contributed by atoms with Gasteiger partial charge in [-0.1, -0.05) is 0 Å². The summed E-state index contributed by atoms with van der Waals surface area (Å²) in [5, 5.41) is 0. The second kappa shape index (κ2) is 4.83. The summed E-state index contributed by atoms with van der Waals surface area (Å²) in [5.41, 5.74) is 0. The van der Waals surface area contributed by atoms with E-state index in [-0.39, 0.29) is 26.4 Å². The zero-order valence-electron chi connectivity index (χ0n) is 3.57. The molecule has 0 fully saturated rings. The fourth-order valence-electron chi connectivity index (χ4n) is 0. The van der Waals surface area contributed by atoms with Crippen LogP contribution in [0.5, 0.6) is 0 Å². The first kappa shape index (κ1) is 15.6. The quantitative estimate of drug-likeness (QED) is 0.288. The van der Waals surface area contributed by atoms with Crippen molar-refractivity contribution < 1.29 is 19.2 Å². The van der Waals surface area contributed by atoms with Gasteiger partial charge in [0.15, 0.2) is 0 Å². The van der Waals surface area contributed by atoms with E-state index in [1.807, 2.05) is 0 Å². The molecule has 0 heterocycles. The van der Waals surface area contributed by atoms with Gasteiger partial charge in [0.2, 0.25) is 0 Å². The Labute approximate surface area is 55.2 Å². The minimum atomic E-state index is -4.61. The molecule has 1 atom stereocenters. The fraction of sp³-hybridized carbons (Fsp3) is 0. The first-order valence-corrected chi connectivity index (χ1v) is 2.68. The third-order valence-electron chi connectivity index (χ3n) is 0. The van der Waals surface area contributed by atoms with Crippen molar-refractivity contribution in [2.75, 3.05) is 0 Å². The molecule has 4 nitrogen and oxygen atoms in total. The molecule has 0 aromatic carbocycles. The minimum absolute atomic E-state index is 0. The van der Waals surface area contributed by atoms with E-state index in [4.69, 9.17) is 19.2 Å². The number of hydrogen-bond acceptors (Lipinski definition) is 4. The van der Waals surface area contributed by atoms with Gasteiger partial charge in [0.05, 0.1) is 0 Å². The van der Waals surface area contributed by atoms with Gasteiger partial charge in [0, 0.05) is 8.41 Å². The van der Waals surface area contributed by atoms with Crippen molar-refractivity contribution in [1.29, 1.82) is 0 Å². The van der Waals surface area contributed by atoms with Crippen LogP contribution in [0.15, 0.2) is 0 Å². The van der Waals surface area contributed by atoms with E-state index in [1.165, 1.54) is 0 Å². The molecule has 3 radical (unpaired) electrons. The van der Waals surface area contributed by atoms with Crippen LogP contribution >= 0.6 is 0 Å². The number of hydrogen-bond donors (Lipinski definition) is 4. The molecule has 7 heavy (non-hydrogen) atoms. The molecule has 0 rings (SSSR count). The van der Waals surface area contributed by atoms with Crippen LogP contribution in [-0.4, -0.2) is 54.6 Å². The summed E-state index contributed by atoms with van der Waals surface area (Å²) < 4.78 is 0. The van der Waals surface area contributed by atoms with Crippen LogP contribution in [0.1, 0.15) is 0 Å². The first-order valence-electron chi connectivity index (χ1n) is 0.894. The van der Waals surface area contributed by atoms with E-state index >= 15 is 0 Å². The fourth-order valence-corrected chi connectivity index (χ4v) is 0. The van der Waals surface area contributed by atoms with Gasteiger partial charge in [-0.3, -0.25) is 0 Å². The molecule has 0 aromatic heterocycles. The number of rotatable bonds is 0. The molecular formula is H7AsBO4Si. The van der Waals surface area contributed by atoms with Gasteiger partial charge >= 0.3 is 27.0 Å². The normalized spacial score (nSPS) is 8.57. The van der Waals surface area contributed by atoms with E-state index in [9.17, 15) is 0 Å². The minimum Gasteiger partial charge on any atom is 0 e. The Kier molecular flexibility index (Phi) is 10.8. The Morgan fingerprint density at radius 1 is 0.857 bits per heavy atom. The van der Waals surface area contributed by atoms with Crippen molar-refractivity contribution >= 4 is 35.4 Å². The van der Waals surface area contributed by atoms with Gasteiger partial charge in [-0.2, -0.15) is 0 Å². The second-order valence-electron chi connectivity index (χ2n) is 0.600. The molecule has 4 N–H and O–H groups in total. The summed E-state index contributed by atoms with van der Waals surface area (Å²) >= 11 is 0. The molecule has 0 bridgehead atoms. The van der Waals surface area contributed by atoms with Crippen LogP contribution in [0.2, 0.25) is 0 Å². The van der Waals surface area contributed by atoms with Crippen molar-refractivity contribution in [2.45, 2.75) is 0 Å². The van der Waals surface area contributed by atoms with Gasteiger partial charge in [0.25, 0.3) is 0 Å². The standard InChI is InChI=1S/AsH3.B.H4O4Si/c;;1-5(2,3)4/h1H3;;1-4H. The SMILES string of the molecule is O[Si](O)(O)O.[AsH3].[B]. The predicted octanol–water partition coefficient (Wildman–Crippen LogP) is -4.17. The smallest absolute Gasteiger partial charge is 0 e. The molecule has 7 heteroatoms. The summed E-state index contributed by atoms with van der Waals surface area (Å²) in [6, 6.07) is 0. The van der Waals surface area contributed by atoms with Crippen molar-refractivity contribution in [3.8, 4) is 0 Å². The largest absolute Gasteiger partial charge is 0 e. The molecule has 0 aliphatic heterocycles. The summed E-state index contributed by atoms with van der Waals surface area (Å²) in [5.74, 6) is 0. The molecular weight excluding hydrogens is 178 g/mol. The van der Waals surface area contributed by atoms with E-state index in [2.05, 4.69) is 0 Å². The van der Waals surface area contributed by atoms with Gasteiger partial charge < -0.3 is 19.2 Å². The maximum absolute atomic E-state index is 7.33. The summed E-state index contributed by atoms with van der Waals surface area (Å²) in [6.45, 7) is 0. The maximum atomic E-state index is 7.33. The van der Waals surface area contributed by atoms with Crippen molar-refractivity contribution in [3.05, 3.63) is 0 Å². The molecule has 0 aliphatic carbocycles. The van der Waals surface area contributed by atoms with Crippen LogP contribution in [0.4, 0.5) is 0 Å². The molecule has 0 amide bonds. The molecule has 1 unspecified atom stereocenters. The van der Waals surface area contributed by atoms with Crippen LogP contribution in [0.3, 0.4) is 0 Å². The van der Waals surface area contributed by atoms with E-state index in [0.29, 0.717) is 0 Å². The van der Waals surface area contributed by atoms with Crippen LogP contribution in [-0.2, 0) is 0 Å². The zero-order valence-corrected chi connectivity index (χ0v) is 7.54. The molecule has 0 aliphatic rings. The third kappa shape index (κ3) is 316. The Balaban J connectivity index is -0.0000000800. The van der Waals surface area contributed by atoms with Crippen molar-refractivity contribution in [2.24, 2.45) is 0 Å². The monoisotopic (exact) mass is 185 g/mol. The summed E-state index contributed by atoms with van der Waals surface area (Å²) in [6.07, 6.45) is 0. The second-order valence-corrected chi connectivity index (χ2v) is 1.80. The zero-order chi connectivity index (χ0) is 4.50. The van der Waals surface area contributed by atoms with Gasteiger partial charge in [-0.05, 0) is 0 Å². The topological polar surface area (TPSA) is 80.9 Å². The van der Waals surface area contributed by atoms with E-state index in [0.717, 1.165) is 0 Å². The summed E-state index contributed by atoms with van der Waals surface area (Å²) in [7, 11) is -4.61. The first-order chi connectivity index (χ1) is 2.00. The Morgan fingerprint density at radius 2 is 0.857 bits per heavy atom. The van der Waals surface area contributed by atoms with Crippen molar-refractivity contribution in [1.82, 2.24) is 0 Å². The Bertz CT molecular complexity index is 27.2. The van der Waals surface area contributed by atoms with Crippen LogP contribution in [0, 0.1) is 0 Å². The van der Waals surface area contributed by atoms with Gasteiger partial charge in [-0.15, -0.1) is 0 Å². The average Bonchev–Trinajstić information content (AvgIpc) is 0.722. The molecule has 0 saturated carbocycles. The Morgan fingerprint density at radius 3 is 0.857 bits per heavy atom. The molecule has 43 valence electrons. The van der Waals surface area contributed by atoms with E-state index in [1.54, 1.807) is 0 Å².